The maximum Gasteiger partial charge on any atom is 0.251 e. The van der Waals surface area contributed by atoms with Crippen molar-refractivity contribution in [3.8, 4) is 11.5 Å². The molecule has 3 aromatic rings. The summed E-state index contributed by atoms with van der Waals surface area (Å²) in [5.41, 5.74) is 2.38. The molecule has 0 aliphatic carbocycles. The number of carbonyl (C=O) groups excluding carboxylic acids is 1. The first-order chi connectivity index (χ1) is 14.1. The number of ether oxygens (including phenoxy) is 2. The SMILES string of the molecule is COc1ccc(/C=C/C(=O)N(Cc2ccccn2)c2ccc(Br)cc2)c(OC)c1. The predicted molar refractivity (Wildman–Crippen MR) is 118 cm³/mol. The van der Waals surface area contributed by atoms with Gasteiger partial charge in [-0.05, 0) is 54.6 Å². The number of anilines is 1. The van der Waals surface area contributed by atoms with Crippen molar-refractivity contribution in [2.24, 2.45) is 0 Å². The molecule has 3 rings (SSSR count). The van der Waals surface area contributed by atoms with Gasteiger partial charge in [0.05, 0.1) is 26.5 Å². The molecule has 1 amide bonds. The van der Waals surface area contributed by atoms with Crippen LogP contribution in [-0.2, 0) is 11.3 Å². The van der Waals surface area contributed by atoms with Crippen molar-refractivity contribution in [1.29, 1.82) is 0 Å². The van der Waals surface area contributed by atoms with E-state index < -0.39 is 0 Å². The quantitative estimate of drug-likeness (QED) is 0.467. The molecule has 0 aliphatic rings. The monoisotopic (exact) mass is 452 g/mol. The lowest BCUT2D eigenvalue weighted by Crippen LogP contribution is -2.29. The zero-order valence-electron chi connectivity index (χ0n) is 16.2. The fourth-order valence-corrected chi connectivity index (χ4v) is 3.04. The molecule has 0 saturated carbocycles. The van der Waals surface area contributed by atoms with E-state index in [0.717, 1.165) is 21.4 Å². The van der Waals surface area contributed by atoms with Gasteiger partial charge in [0.15, 0.2) is 0 Å². The largest absolute Gasteiger partial charge is 0.497 e. The Hall–Kier alpha value is -3.12. The van der Waals surface area contributed by atoms with Crippen LogP contribution in [-0.4, -0.2) is 25.1 Å². The van der Waals surface area contributed by atoms with Gasteiger partial charge in [-0.25, -0.2) is 0 Å². The smallest absolute Gasteiger partial charge is 0.251 e. The summed E-state index contributed by atoms with van der Waals surface area (Å²) in [7, 11) is 3.19. The van der Waals surface area contributed by atoms with Crippen molar-refractivity contribution >= 4 is 33.6 Å². The first-order valence-electron chi connectivity index (χ1n) is 8.98. The van der Waals surface area contributed by atoms with Crippen LogP contribution in [0.1, 0.15) is 11.3 Å². The summed E-state index contributed by atoms with van der Waals surface area (Å²) in [6.07, 6.45) is 5.00. The Bertz CT molecular complexity index is 989. The van der Waals surface area contributed by atoms with Crippen LogP contribution in [0.3, 0.4) is 0 Å². The van der Waals surface area contributed by atoms with Crippen LogP contribution >= 0.6 is 15.9 Å². The summed E-state index contributed by atoms with van der Waals surface area (Å²) in [6.45, 7) is 0.366. The Labute approximate surface area is 178 Å². The minimum absolute atomic E-state index is 0.157. The summed E-state index contributed by atoms with van der Waals surface area (Å²) in [5, 5.41) is 0. The number of pyridine rings is 1. The molecular formula is C23H21BrN2O3. The molecule has 0 bridgehead atoms. The van der Waals surface area contributed by atoms with Crippen LogP contribution in [0.4, 0.5) is 5.69 Å². The number of amides is 1. The molecule has 0 aliphatic heterocycles. The summed E-state index contributed by atoms with van der Waals surface area (Å²) in [4.78, 5) is 19.1. The average Bonchev–Trinajstić information content (AvgIpc) is 2.77. The molecule has 0 saturated heterocycles. The molecule has 6 heteroatoms. The molecule has 0 spiro atoms. The van der Waals surface area contributed by atoms with Crippen LogP contribution in [0.2, 0.25) is 0 Å². The highest BCUT2D eigenvalue weighted by atomic mass is 79.9. The molecule has 5 nitrogen and oxygen atoms in total. The summed E-state index contributed by atoms with van der Waals surface area (Å²) >= 11 is 3.43. The molecule has 29 heavy (non-hydrogen) atoms. The van der Waals surface area contributed by atoms with E-state index in [1.165, 1.54) is 6.08 Å². The third-order valence-corrected chi connectivity index (χ3v) is 4.83. The van der Waals surface area contributed by atoms with Crippen molar-refractivity contribution in [1.82, 2.24) is 4.98 Å². The van der Waals surface area contributed by atoms with Gasteiger partial charge in [-0.1, -0.05) is 22.0 Å². The van der Waals surface area contributed by atoms with Crippen LogP contribution < -0.4 is 14.4 Å². The fourth-order valence-electron chi connectivity index (χ4n) is 2.78. The number of rotatable bonds is 7. The number of aromatic nitrogens is 1. The van der Waals surface area contributed by atoms with E-state index in [1.54, 1.807) is 37.5 Å². The molecule has 1 heterocycles. The number of carbonyl (C=O) groups is 1. The van der Waals surface area contributed by atoms with E-state index in [-0.39, 0.29) is 5.91 Å². The number of methoxy groups -OCH3 is 2. The number of benzene rings is 2. The second-order valence-corrected chi connectivity index (χ2v) is 7.08. The number of nitrogens with zero attached hydrogens (tertiary/aromatic N) is 2. The Kier molecular flexibility index (Phi) is 7.03. The molecule has 0 radical (unpaired) electrons. The van der Waals surface area contributed by atoms with Crippen LogP contribution in [0.5, 0.6) is 11.5 Å². The van der Waals surface area contributed by atoms with Crippen molar-refractivity contribution < 1.29 is 14.3 Å². The summed E-state index contributed by atoms with van der Waals surface area (Å²) in [6, 6.07) is 18.7. The summed E-state index contributed by atoms with van der Waals surface area (Å²) < 4.78 is 11.6. The van der Waals surface area contributed by atoms with Gasteiger partial charge in [-0.15, -0.1) is 0 Å². The highest BCUT2D eigenvalue weighted by Crippen LogP contribution is 2.26. The normalized spacial score (nSPS) is 10.7. The molecule has 0 fully saturated rings. The summed E-state index contributed by atoms with van der Waals surface area (Å²) in [5.74, 6) is 1.17. The molecule has 0 unspecified atom stereocenters. The number of halogens is 1. The lowest BCUT2D eigenvalue weighted by atomic mass is 10.1. The fraction of sp³-hybridized carbons (Fsp3) is 0.130. The molecule has 1 aromatic heterocycles. The molecule has 0 N–H and O–H groups in total. The van der Waals surface area contributed by atoms with Crippen molar-refractivity contribution in [2.75, 3.05) is 19.1 Å². The average molecular weight is 453 g/mol. The van der Waals surface area contributed by atoms with E-state index in [4.69, 9.17) is 9.47 Å². The van der Waals surface area contributed by atoms with Gasteiger partial charge in [0.2, 0.25) is 0 Å². The lowest BCUT2D eigenvalue weighted by Gasteiger charge is -2.21. The van der Waals surface area contributed by atoms with E-state index in [1.807, 2.05) is 54.6 Å². The van der Waals surface area contributed by atoms with Gasteiger partial charge < -0.3 is 14.4 Å². The standard InChI is InChI=1S/C23H21BrN2O3/c1-28-21-12-6-17(22(15-21)29-2)7-13-23(27)26(16-19-5-3-4-14-25-19)20-10-8-18(24)9-11-20/h3-15H,16H2,1-2H3/b13-7+. The second kappa shape index (κ2) is 9.89. The Morgan fingerprint density at radius 3 is 2.52 bits per heavy atom. The third kappa shape index (κ3) is 5.45. The number of hydrogen-bond acceptors (Lipinski definition) is 4. The van der Waals surface area contributed by atoms with Gasteiger partial charge in [-0.2, -0.15) is 0 Å². The maximum absolute atomic E-state index is 13.1. The van der Waals surface area contributed by atoms with Crippen molar-refractivity contribution in [3.05, 3.63) is 88.7 Å². The predicted octanol–water partition coefficient (Wildman–Crippen LogP) is 5.11. The molecular weight excluding hydrogens is 432 g/mol. The van der Waals surface area contributed by atoms with Crippen LogP contribution in [0.25, 0.3) is 6.08 Å². The van der Waals surface area contributed by atoms with E-state index >= 15 is 0 Å². The zero-order valence-corrected chi connectivity index (χ0v) is 17.8. The zero-order chi connectivity index (χ0) is 20.6. The topological polar surface area (TPSA) is 51.7 Å². The van der Waals surface area contributed by atoms with Gasteiger partial charge in [0, 0.05) is 34.1 Å². The minimum atomic E-state index is -0.157. The van der Waals surface area contributed by atoms with Gasteiger partial charge >= 0.3 is 0 Å². The second-order valence-electron chi connectivity index (χ2n) is 6.16. The lowest BCUT2D eigenvalue weighted by molar-refractivity contribution is -0.114. The molecule has 0 atom stereocenters. The Balaban J connectivity index is 1.88. The van der Waals surface area contributed by atoms with Gasteiger partial charge in [0.1, 0.15) is 11.5 Å². The Morgan fingerprint density at radius 2 is 1.86 bits per heavy atom. The third-order valence-electron chi connectivity index (χ3n) is 4.30. The highest BCUT2D eigenvalue weighted by molar-refractivity contribution is 9.10. The molecule has 148 valence electrons. The van der Waals surface area contributed by atoms with E-state index in [2.05, 4.69) is 20.9 Å². The molecule has 2 aromatic carbocycles. The highest BCUT2D eigenvalue weighted by Gasteiger charge is 2.15. The van der Waals surface area contributed by atoms with Gasteiger partial charge in [0.25, 0.3) is 5.91 Å². The van der Waals surface area contributed by atoms with Gasteiger partial charge in [-0.3, -0.25) is 9.78 Å². The van der Waals surface area contributed by atoms with Crippen LogP contribution in [0.15, 0.2) is 77.4 Å². The van der Waals surface area contributed by atoms with Crippen LogP contribution in [0, 0.1) is 0 Å². The first kappa shape index (κ1) is 20.6. The first-order valence-corrected chi connectivity index (χ1v) is 9.77. The number of hydrogen-bond donors (Lipinski definition) is 0. The van der Waals surface area contributed by atoms with Crippen molar-refractivity contribution in [2.45, 2.75) is 6.54 Å². The van der Waals surface area contributed by atoms with Crippen molar-refractivity contribution in [3.63, 3.8) is 0 Å². The van der Waals surface area contributed by atoms with E-state index in [0.29, 0.717) is 18.0 Å². The maximum atomic E-state index is 13.1. The minimum Gasteiger partial charge on any atom is -0.497 e. The Morgan fingerprint density at radius 1 is 1.07 bits per heavy atom. The van der Waals surface area contributed by atoms with E-state index in [9.17, 15) is 4.79 Å².